The maximum Gasteiger partial charge on any atom is 0.405 e. The van der Waals surface area contributed by atoms with Crippen molar-refractivity contribution in [2.45, 2.75) is 32.9 Å². The fourth-order valence-corrected chi connectivity index (χ4v) is 2.50. The maximum absolute atomic E-state index is 12.0. The Labute approximate surface area is 124 Å². The lowest BCUT2D eigenvalue weighted by Gasteiger charge is -2.32. The van der Waals surface area contributed by atoms with Crippen LogP contribution in [0, 0.1) is 11.8 Å². The molecule has 0 saturated carbocycles. The molecule has 124 valence electrons. The van der Waals surface area contributed by atoms with Gasteiger partial charge in [0.2, 0.25) is 5.91 Å². The number of likely N-dealkylation sites (tertiary alicyclic amines) is 1. The van der Waals surface area contributed by atoms with Gasteiger partial charge in [-0.15, -0.1) is 0 Å². The van der Waals surface area contributed by atoms with Crippen molar-refractivity contribution < 1.29 is 18.0 Å². The zero-order valence-corrected chi connectivity index (χ0v) is 12.8. The van der Waals surface area contributed by atoms with E-state index in [-0.39, 0.29) is 6.54 Å². The minimum atomic E-state index is -4.35. The Bertz CT molecular complexity index is 321. The zero-order valence-electron chi connectivity index (χ0n) is 12.8. The van der Waals surface area contributed by atoms with E-state index in [4.69, 9.17) is 0 Å². The van der Waals surface area contributed by atoms with Crippen LogP contribution in [0.3, 0.4) is 0 Å². The van der Waals surface area contributed by atoms with Crippen molar-refractivity contribution in [3.8, 4) is 0 Å². The molecule has 0 aromatic heterocycles. The van der Waals surface area contributed by atoms with Gasteiger partial charge < -0.3 is 10.6 Å². The molecular formula is C14H26F3N3O. The van der Waals surface area contributed by atoms with Crippen molar-refractivity contribution in [2.24, 2.45) is 11.8 Å². The third-order valence-corrected chi connectivity index (χ3v) is 3.44. The number of hydrogen-bond acceptors (Lipinski definition) is 3. The first-order valence-electron chi connectivity index (χ1n) is 7.53. The Morgan fingerprint density at radius 3 is 2.71 bits per heavy atom. The highest BCUT2D eigenvalue weighted by Crippen LogP contribution is 2.16. The summed E-state index contributed by atoms with van der Waals surface area (Å²) in [5.74, 6) is 0.508. The summed E-state index contributed by atoms with van der Waals surface area (Å²) >= 11 is 0. The first kappa shape index (κ1) is 18.2. The molecule has 0 radical (unpaired) electrons. The predicted molar refractivity (Wildman–Crippen MR) is 75.9 cm³/mol. The summed E-state index contributed by atoms with van der Waals surface area (Å²) in [6.45, 7) is 6.50. The third-order valence-electron chi connectivity index (χ3n) is 3.44. The molecule has 0 bridgehead atoms. The Morgan fingerprint density at radius 2 is 2.10 bits per heavy atom. The second-order valence-corrected chi connectivity index (χ2v) is 6.19. The van der Waals surface area contributed by atoms with Crippen LogP contribution in [-0.4, -0.2) is 56.3 Å². The van der Waals surface area contributed by atoms with Gasteiger partial charge in [0.1, 0.15) is 6.54 Å². The summed E-state index contributed by atoms with van der Waals surface area (Å²) in [6, 6.07) is 0. The lowest BCUT2D eigenvalue weighted by molar-refractivity contribution is -0.139. The normalized spacial score (nSPS) is 20.8. The highest BCUT2D eigenvalue weighted by molar-refractivity contribution is 5.78. The van der Waals surface area contributed by atoms with Gasteiger partial charge in [0, 0.05) is 6.54 Å². The Hall–Kier alpha value is -0.820. The first-order chi connectivity index (χ1) is 9.76. The number of alkyl halides is 3. The van der Waals surface area contributed by atoms with Gasteiger partial charge in [0.25, 0.3) is 0 Å². The second kappa shape index (κ2) is 8.58. The van der Waals surface area contributed by atoms with Crippen LogP contribution in [0.4, 0.5) is 13.2 Å². The number of rotatable bonds is 7. The molecule has 0 aromatic carbocycles. The fourth-order valence-electron chi connectivity index (χ4n) is 2.50. The van der Waals surface area contributed by atoms with Crippen LogP contribution >= 0.6 is 0 Å². The lowest BCUT2D eigenvalue weighted by atomic mass is 9.98. The van der Waals surface area contributed by atoms with Gasteiger partial charge in [-0.25, -0.2) is 0 Å². The molecule has 0 spiro atoms. The van der Waals surface area contributed by atoms with E-state index in [0.717, 1.165) is 39.0 Å². The number of hydrogen-bond donors (Lipinski definition) is 2. The van der Waals surface area contributed by atoms with Gasteiger partial charge in [0.05, 0.1) is 6.54 Å². The number of piperidine rings is 1. The molecule has 1 fully saturated rings. The molecular weight excluding hydrogens is 283 g/mol. The first-order valence-corrected chi connectivity index (χ1v) is 7.53. The van der Waals surface area contributed by atoms with E-state index in [1.54, 1.807) is 0 Å². The van der Waals surface area contributed by atoms with Crippen molar-refractivity contribution in [3.05, 3.63) is 0 Å². The number of carbonyl (C=O) groups excluding carboxylic acids is 1. The number of amides is 1. The minimum Gasteiger partial charge on any atom is -0.346 e. The smallest absolute Gasteiger partial charge is 0.346 e. The molecule has 1 amide bonds. The van der Waals surface area contributed by atoms with Crippen LogP contribution < -0.4 is 10.6 Å². The Kier molecular flexibility index (Phi) is 7.45. The van der Waals surface area contributed by atoms with Crippen molar-refractivity contribution >= 4 is 5.91 Å². The molecule has 1 unspecified atom stereocenters. The van der Waals surface area contributed by atoms with E-state index in [2.05, 4.69) is 19.2 Å². The van der Waals surface area contributed by atoms with E-state index in [9.17, 15) is 18.0 Å². The van der Waals surface area contributed by atoms with Crippen molar-refractivity contribution in [2.75, 3.05) is 39.3 Å². The molecule has 21 heavy (non-hydrogen) atoms. The zero-order chi connectivity index (χ0) is 15.9. The van der Waals surface area contributed by atoms with Crippen molar-refractivity contribution in [3.63, 3.8) is 0 Å². The van der Waals surface area contributed by atoms with Crippen LogP contribution in [0.25, 0.3) is 0 Å². The molecule has 1 aliphatic heterocycles. The lowest BCUT2D eigenvalue weighted by Crippen LogP contribution is -2.46. The largest absolute Gasteiger partial charge is 0.405 e. The van der Waals surface area contributed by atoms with Crippen molar-refractivity contribution in [1.29, 1.82) is 0 Å². The fraction of sp³-hybridized carbons (Fsp3) is 0.929. The molecule has 2 N–H and O–H groups in total. The number of halogens is 3. The third kappa shape index (κ3) is 8.93. The monoisotopic (exact) mass is 309 g/mol. The average molecular weight is 309 g/mol. The van der Waals surface area contributed by atoms with E-state index >= 15 is 0 Å². The van der Waals surface area contributed by atoms with Crippen LogP contribution in [-0.2, 0) is 4.79 Å². The Balaban J connectivity index is 2.24. The van der Waals surface area contributed by atoms with E-state index in [1.807, 2.05) is 10.2 Å². The van der Waals surface area contributed by atoms with Gasteiger partial charge in [-0.1, -0.05) is 13.8 Å². The average Bonchev–Trinajstić information content (AvgIpc) is 2.36. The highest BCUT2D eigenvalue weighted by Gasteiger charge is 2.28. The summed E-state index contributed by atoms with van der Waals surface area (Å²) in [7, 11) is 0. The molecule has 0 aromatic rings. The van der Waals surface area contributed by atoms with Gasteiger partial charge in [0.15, 0.2) is 0 Å². The van der Waals surface area contributed by atoms with E-state index in [1.165, 1.54) is 0 Å². The van der Waals surface area contributed by atoms with Crippen molar-refractivity contribution in [1.82, 2.24) is 15.5 Å². The summed E-state index contributed by atoms with van der Waals surface area (Å²) in [5.41, 5.74) is 0. The number of carbonyl (C=O) groups is 1. The number of nitrogens with one attached hydrogen (secondary N) is 2. The van der Waals surface area contributed by atoms with Crippen LogP contribution in [0.1, 0.15) is 26.7 Å². The van der Waals surface area contributed by atoms with Gasteiger partial charge in [-0.3, -0.25) is 9.69 Å². The standard InChI is InChI=1S/C14H26F3N3O/c1-11(2)6-18-7-12-4-3-5-20(8-12)9-13(21)19-10-14(15,16)17/h11-12,18H,3-10H2,1-2H3,(H,19,21). The number of nitrogens with zero attached hydrogens (tertiary/aromatic N) is 1. The quantitative estimate of drug-likeness (QED) is 0.751. The summed E-state index contributed by atoms with van der Waals surface area (Å²) in [6.07, 6.45) is -2.26. The second-order valence-electron chi connectivity index (χ2n) is 6.19. The maximum atomic E-state index is 12.0. The van der Waals surface area contributed by atoms with Gasteiger partial charge >= 0.3 is 6.18 Å². The highest BCUT2D eigenvalue weighted by atomic mass is 19.4. The summed E-state index contributed by atoms with van der Waals surface area (Å²) in [5, 5.41) is 5.32. The molecule has 1 heterocycles. The summed E-state index contributed by atoms with van der Waals surface area (Å²) in [4.78, 5) is 13.4. The molecule has 1 atom stereocenters. The SMILES string of the molecule is CC(C)CNCC1CCCN(CC(=O)NCC(F)(F)F)C1. The van der Waals surface area contributed by atoms with E-state index < -0.39 is 18.6 Å². The molecule has 4 nitrogen and oxygen atoms in total. The van der Waals surface area contributed by atoms with Crippen LogP contribution in [0.2, 0.25) is 0 Å². The predicted octanol–water partition coefficient (Wildman–Crippen LogP) is 1.62. The van der Waals surface area contributed by atoms with Gasteiger partial charge in [-0.2, -0.15) is 13.2 Å². The molecule has 1 aliphatic rings. The minimum absolute atomic E-state index is 0.0523. The topological polar surface area (TPSA) is 44.4 Å². The van der Waals surface area contributed by atoms with Crippen LogP contribution in [0.5, 0.6) is 0 Å². The molecule has 1 rings (SSSR count). The molecule has 7 heteroatoms. The molecule has 0 aliphatic carbocycles. The van der Waals surface area contributed by atoms with Crippen LogP contribution in [0.15, 0.2) is 0 Å². The Morgan fingerprint density at radius 1 is 1.38 bits per heavy atom. The van der Waals surface area contributed by atoms with E-state index in [0.29, 0.717) is 11.8 Å². The summed E-state index contributed by atoms with van der Waals surface area (Å²) < 4.78 is 36.1. The molecule has 1 saturated heterocycles. The van der Waals surface area contributed by atoms with Gasteiger partial charge in [-0.05, 0) is 44.3 Å².